The largest absolute Gasteiger partial charge is 0.481 e. The topological polar surface area (TPSA) is 98.7 Å². The molecule has 3 N–H and O–H groups in total. The van der Waals surface area contributed by atoms with E-state index in [-0.39, 0.29) is 12.3 Å². The van der Waals surface area contributed by atoms with Crippen LogP contribution >= 0.6 is 0 Å². The summed E-state index contributed by atoms with van der Waals surface area (Å²) in [4.78, 5) is 36.8. The van der Waals surface area contributed by atoms with Crippen LogP contribution in [-0.4, -0.2) is 46.5 Å². The number of aliphatic carboxylic acids is 1. The highest BCUT2D eigenvalue weighted by molar-refractivity contribution is 5.95. The van der Waals surface area contributed by atoms with Crippen LogP contribution in [0.4, 0.5) is 10.5 Å². The minimum absolute atomic E-state index is 0.0133. The van der Waals surface area contributed by atoms with Crippen molar-refractivity contribution >= 4 is 23.6 Å². The molecule has 25 heavy (non-hydrogen) atoms. The van der Waals surface area contributed by atoms with E-state index in [2.05, 4.69) is 10.6 Å². The van der Waals surface area contributed by atoms with Crippen LogP contribution in [-0.2, 0) is 4.79 Å². The lowest BCUT2D eigenvalue weighted by Gasteiger charge is -2.25. The van der Waals surface area contributed by atoms with Gasteiger partial charge in [0.2, 0.25) is 0 Å². The fourth-order valence-corrected chi connectivity index (χ4v) is 2.75. The van der Waals surface area contributed by atoms with Crippen molar-refractivity contribution in [3.8, 4) is 0 Å². The molecule has 0 aromatic heterocycles. The number of carbonyl (C=O) groups excluding carboxylic acids is 2. The highest BCUT2D eigenvalue weighted by Gasteiger charge is 2.22. The number of hydrogen-bond acceptors (Lipinski definition) is 3. The average Bonchev–Trinajstić information content (AvgIpc) is 3.07. The van der Waals surface area contributed by atoms with Crippen molar-refractivity contribution in [1.82, 2.24) is 10.2 Å². The summed E-state index contributed by atoms with van der Waals surface area (Å²) in [6.45, 7) is 5.14. The zero-order valence-electron chi connectivity index (χ0n) is 14.7. The molecule has 1 heterocycles. The Morgan fingerprint density at radius 3 is 2.28 bits per heavy atom. The van der Waals surface area contributed by atoms with Crippen LogP contribution in [0.1, 0.15) is 49.9 Å². The van der Waals surface area contributed by atoms with E-state index in [1.165, 1.54) is 0 Å². The van der Waals surface area contributed by atoms with Gasteiger partial charge in [0.25, 0.3) is 5.91 Å². The van der Waals surface area contributed by atoms with E-state index in [1.807, 2.05) is 4.90 Å². The Balaban J connectivity index is 1.88. The number of carboxylic acids is 1. The summed E-state index contributed by atoms with van der Waals surface area (Å²) in [5.74, 6) is -0.878. The zero-order valence-corrected chi connectivity index (χ0v) is 14.7. The Hall–Kier alpha value is -2.57. The summed E-state index contributed by atoms with van der Waals surface area (Å²) in [6, 6.07) is 6.37. The lowest BCUT2D eigenvalue weighted by atomic mass is 9.99. The maximum atomic E-state index is 12.3. The molecule has 0 saturated carbocycles. The van der Waals surface area contributed by atoms with Gasteiger partial charge in [-0.1, -0.05) is 0 Å². The predicted octanol–water partition coefficient (Wildman–Crippen LogP) is 2.69. The van der Waals surface area contributed by atoms with Gasteiger partial charge in [-0.05, 0) is 57.4 Å². The lowest BCUT2D eigenvalue weighted by molar-refractivity contribution is -0.137. The quantitative estimate of drug-likeness (QED) is 0.737. The maximum Gasteiger partial charge on any atom is 0.319 e. The number of carbonyl (C=O) groups is 3. The molecule has 1 fully saturated rings. The standard InChI is InChI=1S/C18H25N3O4/c1-18(2,10-9-15(22)23)20-17(25)19-14-7-5-13(6-8-14)16(24)21-11-3-4-12-21/h5-8H,3-4,9-12H2,1-2H3,(H,22,23)(H2,19,20,25). The fraction of sp³-hybridized carbons (Fsp3) is 0.500. The summed E-state index contributed by atoms with van der Waals surface area (Å²) < 4.78 is 0. The van der Waals surface area contributed by atoms with Gasteiger partial charge in [0.15, 0.2) is 0 Å². The predicted molar refractivity (Wildman–Crippen MR) is 94.7 cm³/mol. The molecule has 7 nitrogen and oxygen atoms in total. The second-order valence-corrected chi connectivity index (χ2v) is 6.93. The molecule has 1 aliphatic rings. The van der Waals surface area contributed by atoms with E-state index in [0.29, 0.717) is 17.7 Å². The number of nitrogens with one attached hydrogen (secondary N) is 2. The van der Waals surface area contributed by atoms with E-state index in [0.717, 1.165) is 25.9 Å². The Morgan fingerprint density at radius 1 is 1.12 bits per heavy atom. The average molecular weight is 347 g/mol. The van der Waals surface area contributed by atoms with Crippen molar-refractivity contribution in [3.63, 3.8) is 0 Å². The Bertz CT molecular complexity index is 634. The molecule has 7 heteroatoms. The number of hydrogen-bond donors (Lipinski definition) is 3. The second kappa shape index (κ2) is 8.00. The molecule has 1 aromatic rings. The van der Waals surface area contributed by atoms with E-state index >= 15 is 0 Å². The fourth-order valence-electron chi connectivity index (χ4n) is 2.75. The van der Waals surface area contributed by atoms with E-state index in [4.69, 9.17) is 5.11 Å². The number of rotatable bonds is 6. The first-order chi connectivity index (χ1) is 11.8. The van der Waals surface area contributed by atoms with Crippen LogP contribution in [0.25, 0.3) is 0 Å². The molecule has 0 atom stereocenters. The molecule has 3 amide bonds. The summed E-state index contributed by atoms with van der Waals surface area (Å²) in [7, 11) is 0. The number of carboxylic acid groups (broad SMARTS) is 1. The van der Waals surface area contributed by atoms with Crippen molar-refractivity contribution < 1.29 is 19.5 Å². The minimum atomic E-state index is -0.895. The second-order valence-electron chi connectivity index (χ2n) is 6.93. The molecule has 0 unspecified atom stereocenters. The van der Waals surface area contributed by atoms with E-state index < -0.39 is 17.5 Å². The van der Waals surface area contributed by atoms with Gasteiger partial charge in [-0.3, -0.25) is 9.59 Å². The van der Waals surface area contributed by atoms with Crippen molar-refractivity contribution in [2.24, 2.45) is 0 Å². The molecule has 1 aromatic carbocycles. The van der Waals surface area contributed by atoms with E-state index in [1.54, 1.807) is 38.1 Å². The van der Waals surface area contributed by atoms with Crippen molar-refractivity contribution in [2.45, 2.75) is 45.1 Å². The van der Waals surface area contributed by atoms with Gasteiger partial charge < -0.3 is 20.6 Å². The van der Waals surface area contributed by atoms with Crippen LogP contribution in [0.5, 0.6) is 0 Å². The molecule has 136 valence electrons. The molecule has 1 aliphatic heterocycles. The van der Waals surface area contributed by atoms with Crippen molar-refractivity contribution in [3.05, 3.63) is 29.8 Å². The number of benzene rings is 1. The van der Waals surface area contributed by atoms with Gasteiger partial charge in [-0.25, -0.2) is 4.79 Å². The van der Waals surface area contributed by atoms with Gasteiger partial charge in [0.1, 0.15) is 0 Å². The molecule has 0 bridgehead atoms. The van der Waals surface area contributed by atoms with Gasteiger partial charge >= 0.3 is 12.0 Å². The highest BCUT2D eigenvalue weighted by atomic mass is 16.4. The molecule has 0 radical (unpaired) electrons. The molecular formula is C18H25N3O4. The number of urea groups is 1. The Labute approximate surface area is 147 Å². The first-order valence-corrected chi connectivity index (χ1v) is 8.47. The van der Waals surface area contributed by atoms with Crippen LogP contribution in [0, 0.1) is 0 Å². The molecular weight excluding hydrogens is 322 g/mol. The zero-order chi connectivity index (χ0) is 18.4. The maximum absolute atomic E-state index is 12.3. The first-order valence-electron chi connectivity index (χ1n) is 8.47. The monoisotopic (exact) mass is 347 g/mol. The number of amides is 3. The molecule has 0 aliphatic carbocycles. The highest BCUT2D eigenvalue weighted by Crippen LogP contribution is 2.16. The summed E-state index contributed by atoms with van der Waals surface area (Å²) in [5.41, 5.74) is 0.549. The van der Waals surface area contributed by atoms with Crippen molar-refractivity contribution in [2.75, 3.05) is 18.4 Å². The summed E-state index contributed by atoms with van der Waals surface area (Å²) in [6.07, 6.45) is 2.41. The molecule has 2 rings (SSSR count). The number of nitrogens with zero attached hydrogens (tertiary/aromatic N) is 1. The van der Waals surface area contributed by atoms with Crippen LogP contribution in [0.15, 0.2) is 24.3 Å². The lowest BCUT2D eigenvalue weighted by Crippen LogP contribution is -2.45. The van der Waals surface area contributed by atoms with Gasteiger partial charge in [0, 0.05) is 36.3 Å². The smallest absolute Gasteiger partial charge is 0.319 e. The Morgan fingerprint density at radius 2 is 1.72 bits per heavy atom. The van der Waals surface area contributed by atoms with E-state index in [9.17, 15) is 14.4 Å². The summed E-state index contributed by atoms with van der Waals surface area (Å²) >= 11 is 0. The van der Waals surface area contributed by atoms with Gasteiger partial charge in [0.05, 0.1) is 0 Å². The summed E-state index contributed by atoms with van der Waals surface area (Å²) in [5, 5.41) is 14.2. The first kappa shape index (κ1) is 18.8. The Kier molecular flexibility index (Phi) is 6.01. The van der Waals surface area contributed by atoms with Gasteiger partial charge in [-0.2, -0.15) is 0 Å². The normalized spacial score (nSPS) is 14.2. The third kappa shape index (κ3) is 5.77. The SMILES string of the molecule is CC(C)(CCC(=O)O)NC(=O)Nc1ccc(C(=O)N2CCCC2)cc1. The number of anilines is 1. The third-order valence-electron chi connectivity index (χ3n) is 4.20. The molecule has 0 spiro atoms. The van der Waals surface area contributed by atoms with Crippen molar-refractivity contribution in [1.29, 1.82) is 0 Å². The number of likely N-dealkylation sites (tertiary alicyclic amines) is 1. The third-order valence-corrected chi connectivity index (χ3v) is 4.20. The van der Waals surface area contributed by atoms with Crippen LogP contribution in [0.2, 0.25) is 0 Å². The minimum Gasteiger partial charge on any atom is -0.481 e. The van der Waals surface area contributed by atoms with Gasteiger partial charge in [-0.15, -0.1) is 0 Å². The molecule has 1 saturated heterocycles. The van der Waals surface area contributed by atoms with Crippen LogP contribution < -0.4 is 10.6 Å². The van der Waals surface area contributed by atoms with Crippen LogP contribution in [0.3, 0.4) is 0 Å².